The zero-order valence-corrected chi connectivity index (χ0v) is 14.2. The maximum atomic E-state index is 12.2. The monoisotopic (exact) mass is 378 g/mol. The van der Waals surface area contributed by atoms with Crippen LogP contribution in [0.3, 0.4) is 0 Å². The van der Waals surface area contributed by atoms with Gasteiger partial charge in [-0.25, -0.2) is 0 Å². The number of carbonyl (C=O) groups excluding carboxylic acids is 1. The molecule has 1 heterocycles. The van der Waals surface area contributed by atoms with Crippen LogP contribution < -0.4 is 0 Å². The van der Waals surface area contributed by atoms with Crippen molar-refractivity contribution in [2.45, 2.75) is 11.9 Å². The lowest BCUT2D eigenvalue weighted by molar-refractivity contribution is -0.156. The molecular weight excluding hydrogens is 365 g/mol. The summed E-state index contributed by atoms with van der Waals surface area (Å²) in [5, 5.41) is 4.53. The van der Waals surface area contributed by atoms with E-state index in [-0.39, 0.29) is 5.75 Å². The predicted octanol–water partition coefficient (Wildman–Crippen LogP) is 4.25. The van der Waals surface area contributed by atoms with Crippen LogP contribution in [0.25, 0.3) is 11.3 Å². The van der Waals surface area contributed by atoms with Gasteiger partial charge in [-0.3, -0.25) is 4.79 Å². The van der Waals surface area contributed by atoms with Crippen LogP contribution in [0.15, 0.2) is 34.9 Å². The quantitative estimate of drug-likeness (QED) is 0.754. The molecular formula is C15H14ClF3N2O2S. The largest absolute Gasteiger partial charge is 0.406 e. The van der Waals surface area contributed by atoms with Crippen molar-refractivity contribution >= 4 is 29.3 Å². The van der Waals surface area contributed by atoms with E-state index in [1.54, 1.807) is 30.3 Å². The number of benzene rings is 1. The number of hydrogen-bond acceptors (Lipinski definition) is 4. The first-order valence-corrected chi connectivity index (χ1v) is 8.38. The lowest BCUT2D eigenvalue weighted by Gasteiger charge is -2.18. The first kappa shape index (κ1) is 18.7. The van der Waals surface area contributed by atoms with Gasteiger partial charge >= 0.3 is 6.18 Å². The molecule has 0 unspecified atom stereocenters. The van der Waals surface area contributed by atoms with Gasteiger partial charge in [-0.2, -0.15) is 13.2 Å². The lowest BCUT2D eigenvalue weighted by Crippen LogP contribution is -2.36. The Balaban J connectivity index is 1.83. The van der Waals surface area contributed by atoms with Gasteiger partial charge in [0.15, 0.2) is 0 Å². The summed E-state index contributed by atoms with van der Waals surface area (Å²) in [6, 6.07) is 8.78. The topological polar surface area (TPSA) is 46.3 Å². The van der Waals surface area contributed by atoms with Gasteiger partial charge < -0.3 is 9.42 Å². The van der Waals surface area contributed by atoms with E-state index in [2.05, 4.69) is 5.16 Å². The van der Waals surface area contributed by atoms with Crippen molar-refractivity contribution in [1.82, 2.24) is 10.1 Å². The third-order valence-corrected chi connectivity index (χ3v) is 4.20. The SMILES string of the molecule is CN(CC(F)(F)F)C(=O)CSCc1cc(-c2ccc(Cl)cc2)no1. The minimum absolute atomic E-state index is 0.0659. The molecule has 0 bridgehead atoms. The molecule has 2 aromatic rings. The van der Waals surface area contributed by atoms with Gasteiger partial charge in [0.05, 0.1) is 11.5 Å². The first-order chi connectivity index (χ1) is 11.2. The number of thioether (sulfide) groups is 1. The Bertz CT molecular complexity index is 689. The molecule has 1 amide bonds. The summed E-state index contributed by atoms with van der Waals surface area (Å²) in [7, 11) is 1.13. The van der Waals surface area contributed by atoms with E-state index in [0.717, 1.165) is 12.6 Å². The highest BCUT2D eigenvalue weighted by molar-refractivity contribution is 7.99. The number of carbonyl (C=O) groups is 1. The Morgan fingerprint density at radius 1 is 1.33 bits per heavy atom. The molecule has 1 aromatic heterocycles. The number of halogens is 4. The molecule has 0 atom stereocenters. The molecule has 0 aliphatic rings. The second kappa shape index (κ2) is 7.94. The van der Waals surface area contributed by atoms with Crippen LogP contribution in [-0.4, -0.2) is 41.5 Å². The smallest absolute Gasteiger partial charge is 0.360 e. The van der Waals surface area contributed by atoms with E-state index in [4.69, 9.17) is 16.1 Å². The third kappa shape index (κ3) is 5.76. The van der Waals surface area contributed by atoms with Crippen molar-refractivity contribution in [1.29, 1.82) is 0 Å². The molecule has 9 heteroatoms. The maximum absolute atomic E-state index is 12.2. The predicted molar refractivity (Wildman–Crippen MR) is 86.8 cm³/mol. The Hall–Kier alpha value is -1.67. The molecule has 0 spiro atoms. The molecule has 1 aromatic carbocycles. The summed E-state index contributed by atoms with van der Waals surface area (Å²) >= 11 is 6.98. The normalized spacial score (nSPS) is 11.5. The summed E-state index contributed by atoms with van der Waals surface area (Å²) in [5.74, 6) is 0.224. The lowest BCUT2D eigenvalue weighted by atomic mass is 10.1. The van der Waals surface area contributed by atoms with E-state index < -0.39 is 18.6 Å². The van der Waals surface area contributed by atoms with Gasteiger partial charge in [-0.15, -0.1) is 11.8 Å². The van der Waals surface area contributed by atoms with Crippen molar-refractivity contribution in [3.8, 4) is 11.3 Å². The van der Waals surface area contributed by atoms with Crippen LogP contribution in [0.2, 0.25) is 5.02 Å². The molecule has 0 fully saturated rings. The van der Waals surface area contributed by atoms with Crippen LogP contribution in [0.5, 0.6) is 0 Å². The summed E-state index contributed by atoms with van der Waals surface area (Å²) in [5.41, 5.74) is 1.46. The van der Waals surface area contributed by atoms with E-state index in [1.165, 1.54) is 11.8 Å². The van der Waals surface area contributed by atoms with Gasteiger partial charge in [0.2, 0.25) is 5.91 Å². The highest BCUT2D eigenvalue weighted by Gasteiger charge is 2.31. The maximum Gasteiger partial charge on any atom is 0.406 e. The Kier molecular flexibility index (Phi) is 6.17. The zero-order chi connectivity index (χ0) is 17.7. The van der Waals surface area contributed by atoms with Crippen LogP contribution in [-0.2, 0) is 10.5 Å². The van der Waals surface area contributed by atoms with Gasteiger partial charge in [0.25, 0.3) is 0 Å². The van der Waals surface area contributed by atoms with Gasteiger partial charge in [-0.05, 0) is 12.1 Å². The third-order valence-electron chi connectivity index (χ3n) is 3.01. The van der Waals surface area contributed by atoms with E-state index in [1.807, 2.05) is 0 Å². The van der Waals surface area contributed by atoms with Crippen LogP contribution in [0, 0.1) is 0 Å². The zero-order valence-electron chi connectivity index (χ0n) is 12.6. The number of aromatic nitrogens is 1. The van der Waals surface area contributed by atoms with E-state index >= 15 is 0 Å². The number of alkyl halides is 3. The van der Waals surface area contributed by atoms with Gasteiger partial charge in [0.1, 0.15) is 18.0 Å². The average molecular weight is 379 g/mol. The number of nitrogens with zero attached hydrogens (tertiary/aromatic N) is 2. The molecule has 4 nitrogen and oxygen atoms in total. The Morgan fingerprint density at radius 2 is 2.00 bits per heavy atom. The fraction of sp³-hybridized carbons (Fsp3) is 0.333. The molecule has 0 aliphatic heterocycles. The average Bonchev–Trinajstić information content (AvgIpc) is 2.95. The molecule has 0 saturated heterocycles. The fourth-order valence-electron chi connectivity index (χ4n) is 1.84. The minimum Gasteiger partial charge on any atom is -0.360 e. The van der Waals surface area contributed by atoms with Crippen molar-refractivity contribution in [2.75, 3.05) is 19.3 Å². The van der Waals surface area contributed by atoms with Crippen LogP contribution in [0.1, 0.15) is 5.76 Å². The molecule has 2 rings (SSSR count). The molecule has 0 saturated carbocycles. The molecule has 0 aliphatic carbocycles. The second-order valence-corrected chi connectivity index (χ2v) is 6.47. The molecule has 130 valence electrons. The van der Waals surface area contributed by atoms with Gasteiger partial charge in [0, 0.05) is 23.7 Å². The minimum atomic E-state index is -4.40. The van der Waals surface area contributed by atoms with E-state index in [0.29, 0.717) is 27.1 Å². The van der Waals surface area contributed by atoms with Crippen LogP contribution in [0.4, 0.5) is 13.2 Å². The fourth-order valence-corrected chi connectivity index (χ4v) is 2.80. The summed E-state index contributed by atoms with van der Waals surface area (Å²) in [6.07, 6.45) is -4.40. The highest BCUT2D eigenvalue weighted by Crippen LogP contribution is 2.23. The Morgan fingerprint density at radius 3 is 2.62 bits per heavy atom. The van der Waals surface area contributed by atoms with Crippen molar-refractivity contribution in [2.24, 2.45) is 0 Å². The van der Waals surface area contributed by atoms with Gasteiger partial charge in [-0.1, -0.05) is 28.9 Å². The van der Waals surface area contributed by atoms with Crippen molar-refractivity contribution < 1.29 is 22.5 Å². The second-order valence-electron chi connectivity index (χ2n) is 5.04. The van der Waals surface area contributed by atoms with Crippen molar-refractivity contribution in [3.05, 3.63) is 41.1 Å². The number of hydrogen-bond donors (Lipinski definition) is 0. The standard InChI is InChI=1S/C15H14ClF3N2O2S/c1-21(9-15(17,18)19)14(22)8-24-7-12-6-13(20-23-12)10-2-4-11(16)5-3-10/h2-6H,7-9H2,1H3. The highest BCUT2D eigenvalue weighted by atomic mass is 35.5. The summed E-state index contributed by atoms with van der Waals surface area (Å²) in [6.45, 7) is -1.25. The molecule has 0 radical (unpaired) electrons. The van der Waals surface area contributed by atoms with Crippen LogP contribution >= 0.6 is 23.4 Å². The number of rotatable bonds is 6. The molecule has 0 N–H and O–H groups in total. The summed E-state index contributed by atoms with van der Waals surface area (Å²) < 4.78 is 41.8. The summed E-state index contributed by atoms with van der Waals surface area (Å²) in [4.78, 5) is 12.3. The number of amides is 1. The first-order valence-electron chi connectivity index (χ1n) is 6.84. The molecule has 24 heavy (non-hydrogen) atoms. The van der Waals surface area contributed by atoms with Crippen molar-refractivity contribution in [3.63, 3.8) is 0 Å². The van der Waals surface area contributed by atoms with E-state index in [9.17, 15) is 18.0 Å². The Labute approximate surface area is 145 Å².